The maximum atomic E-state index is 12.8. The van der Waals surface area contributed by atoms with Crippen LogP contribution < -0.4 is 11.0 Å². The van der Waals surface area contributed by atoms with Gasteiger partial charge in [-0.3, -0.25) is 4.79 Å². The first-order valence-electron chi connectivity index (χ1n) is 10.4. The number of aryl methyl sites for hydroxylation is 1. The fraction of sp³-hybridized carbons (Fsp3) is 0.364. The molecule has 3 heterocycles. The van der Waals surface area contributed by atoms with Gasteiger partial charge in [0.1, 0.15) is 17.7 Å². The molecule has 0 bridgehead atoms. The number of hydrogen-bond acceptors (Lipinski definition) is 5. The Morgan fingerprint density at radius 1 is 1.32 bits per heavy atom. The van der Waals surface area contributed by atoms with Crippen LogP contribution in [0.3, 0.4) is 0 Å². The van der Waals surface area contributed by atoms with Crippen molar-refractivity contribution >= 4 is 44.7 Å². The fourth-order valence-corrected chi connectivity index (χ4v) is 5.63. The van der Waals surface area contributed by atoms with Crippen molar-refractivity contribution in [2.24, 2.45) is 5.92 Å². The Balaban J connectivity index is 1.36. The standard InChI is InChI=1S/C22H22ClN5O2S/c1-13-2-7-16-17(10-13)31-21-19(16)20-26-28(22(30)27(20)12-25-21)11-18(29)24-9-8-14-3-5-15(23)6-4-14/h3-6,12-13H,2,7-11H2,1H3,(H,24,29). The second-order valence-corrected chi connectivity index (χ2v) is 9.66. The highest BCUT2D eigenvalue weighted by Crippen LogP contribution is 2.38. The molecule has 0 saturated carbocycles. The van der Waals surface area contributed by atoms with E-state index in [-0.39, 0.29) is 18.1 Å². The van der Waals surface area contributed by atoms with Crippen LogP contribution >= 0.6 is 22.9 Å². The second kappa shape index (κ2) is 8.09. The molecule has 0 spiro atoms. The number of nitrogens with one attached hydrogen (secondary N) is 1. The van der Waals surface area contributed by atoms with E-state index in [0.717, 1.165) is 35.0 Å². The Morgan fingerprint density at radius 3 is 2.94 bits per heavy atom. The van der Waals surface area contributed by atoms with E-state index in [1.807, 2.05) is 24.3 Å². The predicted octanol–water partition coefficient (Wildman–Crippen LogP) is 3.24. The van der Waals surface area contributed by atoms with Crippen molar-refractivity contribution in [3.05, 3.63) is 62.1 Å². The van der Waals surface area contributed by atoms with Crippen molar-refractivity contribution in [1.82, 2.24) is 24.5 Å². The van der Waals surface area contributed by atoms with Gasteiger partial charge in [-0.15, -0.1) is 16.4 Å². The van der Waals surface area contributed by atoms with Crippen molar-refractivity contribution in [3.63, 3.8) is 0 Å². The van der Waals surface area contributed by atoms with Gasteiger partial charge in [-0.2, -0.15) is 0 Å². The fourth-order valence-electron chi connectivity index (χ4n) is 4.16. The molecule has 0 saturated heterocycles. The lowest BCUT2D eigenvalue weighted by molar-refractivity contribution is -0.121. The van der Waals surface area contributed by atoms with Crippen LogP contribution in [0.2, 0.25) is 5.02 Å². The molecule has 4 aromatic rings. The summed E-state index contributed by atoms with van der Waals surface area (Å²) in [5.41, 5.74) is 2.60. The van der Waals surface area contributed by atoms with Gasteiger partial charge in [0.2, 0.25) is 5.91 Å². The summed E-state index contributed by atoms with van der Waals surface area (Å²) in [6.45, 7) is 2.62. The molecule has 5 rings (SSSR count). The number of amides is 1. The zero-order valence-corrected chi connectivity index (χ0v) is 18.7. The molecule has 0 fully saturated rings. The molecule has 1 unspecified atom stereocenters. The molecule has 1 aliphatic carbocycles. The third kappa shape index (κ3) is 3.85. The van der Waals surface area contributed by atoms with Crippen LogP contribution in [0.4, 0.5) is 0 Å². The molecule has 160 valence electrons. The number of rotatable bonds is 5. The summed E-state index contributed by atoms with van der Waals surface area (Å²) in [4.78, 5) is 32.0. The quantitative estimate of drug-likeness (QED) is 0.501. The predicted molar refractivity (Wildman–Crippen MR) is 122 cm³/mol. The van der Waals surface area contributed by atoms with Crippen LogP contribution in [0, 0.1) is 5.92 Å². The van der Waals surface area contributed by atoms with Crippen molar-refractivity contribution in [1.29, 1.82) is 0 Å². The Hall–Kier alpha value is -2.71. The molecule has 1 amide bonds. The zero-order valence-electron chi connectivity index (χ0n) is 17.1. The average molecular weight is 456 g/mol. The van der Waals surface area contributed by atoms with E-state index >= 15 is 0 Å². The van der Waals surface area contributed by atoms with E-state index < -0.39 is 0 Å². The van der Waals surface area contributed by atoms with Gasteiger partial charge < -0.3 is 5.32 Å². The summed E-state index contributed by atoms with van der Waals surface area (Å²) in [6, 6.07) is 7.52. The number of benzene rings is 1. The summed E-state index contributed by atoms with van der Waals surface area (Å²) in [5, 5.41) is 9.02. The van der Waals surface area contributed by atoms with Gasteiger partial charge in [-0.1, -0.05) is 30.7 Å². The normalized spacial score (nSPS) is 16.0. The Labute approximate surface area is 187 Å². The highest BCUT2D eigenvalue weighted by molar-refractivity contribution is 7.19. The summed E-state index contributed by atoms with van der Waals surface area (Å²) in [5.74, 6) is 0.415. The molecule has 9 heteroatoms. The second-order valence-electron chi connectivity index (χ2n) is 8.14. The number of fused-ring (bicyclic) bond motifs is 5. The maximum absolute atomic E-state index is 12.8. The number of thiophene rings is 1. The van der Waals surface area contributed by atoms with Gasteiger partial charge in [0.15, 0.2) is 5.65 Å². The molecule has 1 N–H and O–H groups in total. The molecule has 0 radical (unpaired) electrons. The van der Waals surface area contributed by atoms with Gasteiger partial charge in [-0.05, 0) is 54.9 Å². The highest BCUT2D eigenvalue weighted by atomic mass is 35.5. The van der Waals surface area contributed by atoms with Crippen molar-refractivity contribution in [3.8, 4) is 0 Å². The van der Waals surface area contributed by atoms with Gasteiger partial charge in [0.05, 0.1) is 5.39 Å². The van der Waals surface area contributed by atoms with Crippen LogP contribution in [0.1, 0.15) is 29.3 Å². The van der Waals surface area contributed by atoms with E-state index in [0.29, 0.717) is 29.6 Å². The van der Waals surface area contributed by atoms with E-state index in [4.69, 9.17) is 11.6 Å². The Bertz CT molecular complexity index is 1340. The van der Waals surface area contributed by atoms with E-state index in [1.54, 1.807) is 11.3 Å². The topological polar surface area (TPSA) is 81.3 Å². The third-order valence-electron chi connectivity index (χ3n) is 5.82. The zero-order chi connectivity index (χ0) is 21.5. The van der Waals surface area contributed by atoms with E-state index in [2.05, 4.69) is 22.3 Å². The van der Waals surface area contributed by atoms with E-state index in [1.165, 1.54) is 25.9 Å². The van der Waals surface area contributed by atoms with Crippen LogP contribution in [0.5, 0.6) is 0 Å². The summed E-state index contributed by atoms with van der Waals surface area (Å²) in [6.07, 6.45) is 5.36. The molecule has 3 aromatic heterocycles. The third-order valence-corrected chi connectivity index (χ3v) is 7.23. The van der Waals surface area contributed by atoms with Gasteiger partial charge in [-0.25, -0.2) is 18.9 Å². The van der Waals surface area contributed by atoms with Crippen molar-refractivity contribution < 1.29 is 4.79 Å². The van der Waals surface area contributed by atoms with E-state index in [9.17, 15) is 9.59 Å². The summed E-state index contributed by atoms with van der Waals surface area (Å²) in [7, 11) is 0. The minimum atomic E-state index is -0.346. The number of carbonyl (C=O) groups is 1. The monoisotopic (exact) mass is 455 g/mol. The minimum Gasteiger partial charge on any atom is -0.354 e. The smallest absolute Gasteiger partial charge is 0.352 e. The Kier molecular flexibility index (Phi) is 5.27. The number of aromatic nitrogens is 4. The van der Waals surface area contributed by atoms with Crippen molar-refractivity contribution in [2.75, 3.05) is 6.54 Å². The minimum absolute atomic E-state index is 0.119. The van der Waals surface area contributed by atoms with Crippen LogP contribution in [0.15, 0.2) is 35.4 Å². The van der Waals surface area contributed by atoms with Gasteiger partial charge in [0.25, 0.3) is 0 Å². The van der Waals surface area contributed by atoms with Crippen LogP contribution in [0.25, 0.3) is 15.9 Å². The molecule has 7 nitrogen and oxygen atoms in total. The first kappa shape index (κ1) is 20.2. The molecule has 1 aromatic carbocycles. The molecule has 1 atom stereocenters. The number of hydrogen-bond donors (Lipinski definition) is 1. The number of halogens is 1. The summed E-state index contributed by atoms with van der Waals surface area (Å²) < 4.78 is 2.68. The molecule has 0 aliphatic heterocycles. The van der Waals surface area contributed by atoms with Gasteiger partial charge >= 0.3 is 5.69 Å². The molecule has 31 heavy (non-hydrogen) atoms. The van der Waals surface area contributed by atoms with Crippen LogP contribution in [-0.2, 0) is 30.6 Å². The SMILES string of the molecule is CC1CCc2c(sc3ncn4c(=O)n(CC(=O)NCCc5ccc(Cl)cc5)nc4c23)C1. The number of nitrogens with zero attached hydrogens (tertiary/aromatic N) is 4. The van der Waals surface area contributed by atoms with Crippen LogP contribution in [-0.4, -0.2) is 31.6 Å². The average Bonchev–Trinajstić information content (AvgIpc) is 3.26. The highest BCUT2D eigenvalue weighted by Gasteiger charge is 2.24. The lowest BCUT2D eigenvalue weighted by Gasteiger charge is -2.17. The molecule has 1 aliphatic rings. The Morgan fingerprint density at radius 2 is 2.13 bits per heavy atom. The maximum Gasteiger partial charge on any atom is 0.352 e. The summed E-state index contributed by atoms with van der Waals surface area (Å²) >= 11 is 7.59. The molecular weight excluding hydrogens is 434 g/mol. The molecular formula is C22H22ClN5O2S. The lowest BCUT2D eigenvalue weighted by Crippen LogP contribution is -2.33. The lowest BCUT2D eigenvalue weighted by atomic mass is 9.89. The van der Waals surface area contributed by atoms with Gasteiger partial charge in [0, 0.05) is 16.4 Å². The van der Waals surface area contributed by atoms with Crippen molar-refractivity contribution in [2.45, 2.75) is 39.2 Å². The first-order chi connectivity index (χ1) is 15.0. The number of carbonyl (C=O) groups excluding carboxylic acids is 1. The largest absolute Gasteiger partial charge is 0.354 e. The first-order valence-corrected chi connectivity index (χ1v) is 11.6.